The summed E-state index contributed by atoms with van der Waals surface area (Å²) in [7, 11) is 1.72. The Labute approximate surface area is 155 Å². The van der Waals surface area contributed by atoms with Crippen molar-refractivity contribution in [1.29, 1.82) is 0 Å². The number of rotatable bonds is 4. The molecule has 1 aromatic heterocycles. The minimum Gasteiger partial charge on any atom is -0.326 e. The molecule has 1 N–H and O–H groups in total. The molecular weight excluding hydrogens is 346 g/mol. The number of aromatic nitrogens is 1. The van der Waals surface area contributed by atoms with Crippen LogP contribution in [0.25, 0.3) is 10.2 Å². The number of nitrogens with zero attached hydrogens (tertiary/aromatic N) is 2. The van der Waals surface area contributed by atoms with Gasteiger partial charge in [0.1, 0.15) is 0 Å². The summed E-state index contributed by atoms with van der Waals surface area (Å²) >= 11 is 1.48. The quantitative estimate of drug-likeness (QED) is 0.755. The molecule has 4 rings (SSSR count). The minimum atomic E-state index is -0.153. The van der Waals surface area contributed by atoms with Crippen LogP contribution in [0.2, 0.25) is 0 Å². The van der Waals surface area contributed by atoms with Gasteiger partial charge < -0.3 is 5.32 Å². The van der Waals surface area contributed by atoms with Crippen LogP contribution < -0.4 is 10.2 Å². The number of hydrogen-bond acceptors (Lipinski definition) is 4. The Morgan fingerprint density at radius 1 is 1.19 bits per heavy atom. The molecule has 2 amide bonds. The molecule has 0 saturated heterocycles. The first-order valence-corrected chi connectivity index (χ1v) is 9.39. The number of fused-ring (bicyclic) bond motifs is 1. The Morgan fingerprint density at radius 2 is 1.96 bits per heavy atom. The molecule has 0 aliphatic heterocycles. The van der Waals surface area contributed by atoms with Crippen molar-refractivity contribution in [3.8, 4) is 0 Å². The molecule has 1 fully saturated rings. The third-order valence-electron chi connectivity index (χ3n) is 4.70. The van der Waals surface area contributed by atoms with E-state index in [-0.39, 0.29) is 17.7 Å². The summed E-state index contributed by atoms with van der Waals surface area (Å²) in [5.74, 6) is 0.423. The SMILES string of the molecule is CC1CC1C(=O)Nc1cccc(C(=O)N(C)c2nc3ccccc3s2)c1. The van der Waals surface area contributed by atoms with Crippen molar-refractivity contribution >= 4 is 44.2 Å². The van der Waals surface area contributed by atoms with Crippen molar-refractivity contribution in [2.24, 2.45) is 11.8 Å². The fraction of sp³-hybridized carbons (Fsp3) is 0.250. The van der Waals surface area contributed by atoms with E-state index in [9.17, 15) is 9.59 Å². The van der Waals surface area contributed by atoms with Crippen molar-refractivity contribution in [3.63, 3.8) is 0 Å². The predicted molar refractivity (Wildman–Crippen MR) is 105 cm³/mol. The summed E-state index contributed by atoms with van der Waals surface area (Å²) in [5, 5.41) is 3.56. The molecule has 0 radical (unpaired) electrons. The van der Waals surface area contributed by atoms with Crippen LogP contribution in [0.15, 0.2) is 48.5 Å². The molecule has 6 heteroatoms. The largest absolute Gasteiger partial charge is 0.326 e. The Hall–Kier alpha value is -2.73. The predicted octanol–water partition coefficient (Wildman–Crippen LogP) is 4.17. The van der Waals surface area contributed by atoms with Gasteiger partial charge in [0.05, 0.1) is 10.2 Å². The number of hydrogen-bond donors (Lipinski definition) is 1. The first-order chi connectivity index (χ1) is 12.5. The van der Waals surface area contributed by atoms with Crippen molar-refractivity contribution < 1.29 is 9.59 Å². The fourth-order valence-corrected chi connectivity index (χ4v) is 3.86. The lowest BCUT2D eigenvalue weighted by molar-refractivity contribution is -0.117. The fourth-order valence-electron chi connectivity index (χ4n) is 2.94. The first-order valence-electron chi connectivity index (χ1n) is 8.57. The topological polar surface area (TPSA) is 62.3 Å². The number of carbonyl (C=O) groups is 2. The average molecular weight is 365 g/mol. The molecule has 1 saturated carbocycles. The molecule has 132 valence electrons. The maximum atomic E-state index is 12.8. The second-order valence-corrected chi connectivity index (χ2v) is 7.73. The summed E-state index contributed by atoms with van der Waals surface area (Å²) in [6.07, 6.45) is 0.935. The molecule has 0 spiro atoms. The van der Waals surface area contributed by atoms with Crippen LogP contribution in [0, 0.1) is 11.8 Å². The van der Waals surface area contributed by atoms with Gasteiger partial charge in [-0.3, -0.25) is 14.5 Å². The monoisotopic (exact) mass is 365 g/mol. The van der Waals surface area contributed by atoms with Gasteiger partial charge >= 0.3 is 0 Å². The number of thiazole rings is 1. The number of benzene rings is 2. The van der Waals surface area contributed by atoms with E-state index in [0.717, 1.165) is 16.6 Å². The van der Waals surface area contributed by atoms with Gasteiger partial charge in [-0.05, 0) is 42.7 Å². The third kappa shape index (κ3) is 3.20. The number of carbonyl (C=O) groups excluding carboxylic acids is 2. The molecule has 26 heavy (non-hydrogen) atoms. The van der Waals surface area contributed by atoms with Crippen molar-refractivity contribution in [2.75, 3.05) is 17.3 Å². The van der Waals surface area contributed by atoms with E-state index in [0.29, 0.717) is 22.3 Å². The molecule has 2 aromatic carbocycles. The standard InChI is InChI=1S/C20H19N3O2S/c1-12-10-15(12)18(24)21-14-7-5-6-13(11-14)19(25)23(2)20-22-16-8-3-4-9-17(16)26-20/h3-9,11-12,15H,10H2,1-2H3,(H,21,24). The van der Waals surface area contributed by atoms with Gasteiger partial charge in [-0.2, -0.15) is 0 Å². The van der Waals surface area contributed by atoms with Gasteiger partial charge in [0.15, 0.2) is 5.13 Å². The summed E-state index contributed by atoms with van der Waals surface area (Å²) in [6.45, 7) is 2.07. The third-order valence-corrected chi connectivity index (χ3v) is 5.81. The zero-order valence-corrected chi connectivity index (χ0v) is 15.4. The van der Waals surface area contributed by atoms with Gasteiger partial charge in [-0.25, -0.2) is 4.98 Å². The van der Waals surface area contributed by atoms with Crippen LogP contribution in [-0.4, -0.2) is 23.8 Å². The number of para-hydroxylation sites is 1. The molecule has 3 aromatic rings. The van der Waals surface area contributed by atoms with Crippen LogP contribution in [0.1, 0.15) is 23.7 Å². The van der Waals surface area contributed by atoms with Crippen LogP contribution in [-0.2, 0) is 4.79 Å². The zero-order chi connectivity index (χ0) is 18.3. The highest BCUT2D eigenvalue weighted by molar-refractivity contribution is 7.22. The van der Waals surface area contributed by atoms with Gasteiger partial charge in [0, 0.05) is 24.2 Å². The molecule has 5 nitrogen and oxygen atoms in total. The highest BCUT2D eigenvalue weighted by Crippen LogP contribution is 2.38. The van der Waals surface area contributed by atoms with E-state index in [1.165, 1.54) is 11.3 Å². The van der Waals surface area contributed by atoms with Gasteiger partial charge in [-0.15, -0.1) is 0 Å². The van der Waals surface area contributed by atoms with Gasteiger partial charge in [0.25, 0.3) is 5.91 Å². The van der Waals surface area contributed by atoms with E-state index >= 15 is 0 Å². The smallest absolute Gasteiger partial charge is 0.259 e. The summed E-state index contributed by atoms with van der Waals surface area (Å²) < 4.78 is 1.04. The first kappa shape index (κ1) is 16.7. The second kappa shape index (κ2) is 6.53. The lowest BCUT2D eigenvalue weighted by Crippen LogP contribution is -2.26. The lowest BCUT2D eigenvalue weighted by Gasteiger charge is -2.14. The van der Waals surface area contributed by atoms with E-state index in [4.69, 9.17) is 0 Å². The van der Waals surface area contributed by atoms with Crippen LogP contribution in [0.5, 0.6) is 0 Å². The van der Waals surface area contributed by atoms with E-state index in [2.05, 4.69) is 17.2 Å². The molecule has 1 aliphatic rings. The number of nitrogens with one attached hydrogen (secondary N) is 1. The number of amides is 2. The maximum Gasteiger partial charge on any atom is 0.259 e. The van der Waals surface area contributed by atoms with Crippen molar-refractivity contribution in [3.05, 3.63) is 54.1 Å². The average Bonchev–Trinajstić information content (AvgIpc) is 3.23. The minimum absolute atomic E-state index is 0.0293. The van der Waals surface area contributed by atoms with Gasteiger partial charge in [-0.1, -0.05) is 36.5 Å². The van der Waals surface area contributed by atoms with Crippen molar-refractivity contribution in [1.82, 2.24) is 4.98 Å². The number of anilines is 2. The maximum absolute atomic E-state index is 12.8. The Kier molecular flexibility index (Phi) is 4.20. The Morgan fingerprint density at radius 3 is 2.69 bits per heavy atom. The van der Waals surface area contributed by atoms with Gasteiger partial charge in [0.2, 0.25) is 5.91 Å². The molecule has 2 atom stereocenters. The molecule has 2 unspecified atom stereocenters. The molecule has 1 aliphatic carbocycles. The highest BCUT2D eigenvalue weighted by Gasteiger charge is 2.39. The lowest BCUT2D eigenvalue weighted by atomic mass is 10.1. The molecule has 1 heterocycles. The summed E-state index contributed by atoms with van der Waals surface area (Å²) in [4.78, 5) is 31.0. The zero-order valence-electron chi connectivity index (χ0n) is 14.6. The van der Waals surface area contributed by atoms with Crippen LogP contribution in [0.3, 0.4) is 0 Å². The van der Waals surface area contributed by atoms with Crippen molar-refractivity contribution in [2.45, 2.75) is 13.3 Å². The highest BCUT2D eigenvalue weighted by atomic mass is 32.1. The molecule has 0 bridgehead atoms. The Bertz CT molecular complexity index is 964. The van der Waals surface area contributed by atoms with Crippen LogP contribution >= 0.6 is 11.3 Å². The summed E-state index contributed by atoms with van der Waals surface area (Å²) in [6, 6.07) is 14.9. The molecular formula is C20H19N3O2S. The van der Waals surface area contributed by atoms with E-state index < -0.39 is 0 Å². The summed E-state index contributed by atoms with van der Waals surface area (Å²) in [5.41, 5.74) is 2.05. The van der Waals surface area contributed by atoms with Crippen LogP contribution in [0.4, 0.5) is 10.8 Å². The van der Waals surface area contributed by atoms with E-state index in [1.54, 1.807) is 36.2 Å². The second-order valence-electron chi connectivity index (χ2n) is 6.72. The Balaban J connectivity index is 1.53. The normalized spacial score (nSPS) is 18.5. The van der Waals surface area contributed by atoms with E-state index in [1.807, 2.05) is 24.3 Å².